The van der Waals surface area contributed by atoms with E-state index in [9.17, 15) is 9.59 Å². The third kappa shape index (κ3) is 6.36. The molecule has 2 aromatic carbocycles. The van der Waals surface area contributed by atoms with Gasteiger partial charge in [-0.15, -0.1) is 0 Å². The molecule has 0 radical (unpaired) electrons. The average molecular weight is 553 g/mol. The number of halogens is 1. The molecule has 0 aliphatic carbocycles. The van der Waals surface area contributed by atoms with Crippen molar-refractivity contribution in [2.24, 2.45) is 0 Å². The molecule has 40 heavy (non-hydrogen) atoms. The summed E-state index contributed by atoms with van der Waals surface area (Å²) in [5.74, 6) is -0.427. The first-order chi connectivity index (χ1) is 19.4. The van der Waals surface area contributed by atoms with Gasteiger partial charge in [-0.3, -0.25) is 14.7 Å². The molecule has 0 bridgehead atoms. The fourth-order valence-electron chi connectivity index (χ4n) is 4.47. The van der Waals surface area contributed by atoms with Crippen molar-refractivity contribution in [3.63, 3.8) is 0 Å². The second-order valence-electron chi connectivity index (χ2n) is 9.77. The molecular weight excluding hydrogens is 524 g/mol. The highest BCUT2D eigenvalue weighted by atomic mass is 35.5. The van der Waals surface area contributed by atoms with Gasteiger partial charge in [-0.2, -0.15) is 5.10 Å². The smallest absolute Gasteiger partial charge is 0.263 e. The highest BCUT2D eigenvalue weighted by Gasteiger charge is 2.12. The monoisotopic (exact) mass is 552 g/mol. The van der Waals surface area contributed by atoms with Crippen molar-refractivity contribution in [3.05, 3.63) is 123 Å². The summed E-state index contributed by atoms with van der Waals surface area (Å²) in [6, 6.07) is 21.2. The van der Waals surface area contributed by atoms with Gasteiger partial charge in [0, 0.05) is 36.4 Å². The van der Waals surface area contributed by atoms with Crippen LogP contribution >= 0.6 is 11.6 Å². The molecule has 0 atom stereocenters. The summed E-state index contributed by atoms with van der Waals surface area (Å²) in [5, 5.41) is 11.9. The molecule has 202 valence electrons. The van der Waals surface area contributed by atoms with Crippen LogP contribution in [0.25, 0.3) is 28.2 Å². The molecule has 8 nitrogen and oxygen atoms in total. The Labute approximate surface area is 236 Å². The van der Waals surface area contributed by atoms with Gasteiger partial charge in [0.2, 0.25) is 0 Å². The Hall–Kier alpha value is -4.53. The summed E-state index contributed by atoms with van der Waals surface area (Å²) in [6.45, 7) is 1.47. The minimum atomic E-state index is -0.427. The third-order valence-electron chi connectivity index (χ3n) is 6.41. The maximum absolute atomic E-state index is 12.9. The summed E-state index contributed by atoms with van der Waals surface area (Å²) in [4.78, 5) is 31.7. The highest BCUT2D eigenvalue weighted by Crippen LogP contribution is 2.27. The number of rotatable bonds is 9. The van der Waals surface area contributed by atoms with E-state index in [1.165, 1.54) is 16.2 Å². The lowest BCUT2D eigenvalue weighted by Gasteiger charge is -2.09. The maximum Gasteiger partial charge on any atom is 0.263 e. The molecule has 0 aliphatic rings. The van der Waals surface area contributed by atoms with E-state index in [2.05, 4.69) is 63.8 Å². The van der Waals surface area contributed by atoms with Gasteiger partial charge in [-0.1, -0.05) is 60.2 Å². The van der Waals surface area contributed by atoms with Crippen LogP contribution in [-0.4, -0.2) is 51.2 Å². The molecular formula is C31H29ClN6O2. The molecule has 5 aromatic rings. The fourth-order valence-corrected chi connectivity index (χ4v) is 4.58. The number of benzene rings is 2. The SMILES string of the molecule is CN(C)Cc1ccc(-c2n[nH]c3cc(C=CCNC(=O)c4cccn(Cc5ccc(Cl)nc5)c4=O)ccc23)cc1. The number of aromatic amines is 1. The molecule has 3 aromatic heterocycles. The van der Waals surface area contributed by atoms with Gasteiger partial charge in [0.1, 0.15) is 10.7 Å². The lowest BCUT2D eigenvalue weighted by Crippen LogP contribution is -2.33. The molecule has 0 saturated heterocycles. The average Bonchev–Trinajstić information content (AvgIpc) is 3.37. The van der Waals surface area contributed by atoms with E-state index in [0.29, 0.717) is 11.7 Å². The molecule has 5 rings (SSSR count). The van der Waals surface area contributed by atoms with E-state index in [-0.39, 0.29) is 17.7 Å². The first kappa shape index (κ1) is 27.1. The van der Waals surface area contributed by atoms with Crippen molar-refractivity contribution in [2.75, 3.05) is 20.6 Å². The van der Waals surface area contributed by atoms with Crippen LogP contribution in [0.15, 0.2) is 90.0 Å². The fraction of sp³-hybridized carbons (Fsp3) is 0.161. The van der Waals surface area contributed by atoms with Crippen molar-refractivity contribution in [1.29, 1.82) is 0 Å². The van der Waals surface area contributed by atoms with Crippen LogP contribution in [0.5, 0.6) is 0 Å². The molecule has 1 amide bonds. The Morgan fingerprint density at radius 2 is 1.88 bits per heavy atom. The summed E-state index contributed by atoms with van der Waals surface area (Å²) < 4.78 is 1.47. The normalized spacial score (nSPS) is 11.5. The minimum Gasteiger partial charge on any atom is -0.348 e. The van der Waals surface area contributed by atoms with Gasteiger partial charge in [0.05, 0.1) is 17.8 Å². The Bertz CT molecular complexity index is 1720. The van der Waals surface area contributed by atoms with Gasteiger partial charge in [0.15, 0.2) is 0 Å². The minimum absolute atomic E-state index is 0.0824. The number of amides is 1. The predicted octanol–water partition coefficient (Wildman–Crippen LogP) is 4.99. The summed E-state index contributed by atoms with van der Waals surface area (Å²) in [6.07, 6.45) is 7.02. The number of hydrogen-bond donors (Lipinski definition) is 2. The molecule has 0 unspecified atom stereocenters. The van der Waals surface area contributed by atoms with Crippen molar-refractivity contribution in [1.82, 2.24) is 30.0 Å². The molecule has 0 aliphatic heterocycles. The van der Waals surface area contributed by atoms with Gasteiger partial charge < -0.3 is 14.8 Å². The molecule has 0 fully saturated rings. The lowest BCUT2D eigenvalue weighted by molar-refractivity contribution is 0.0956. The van der Waals surface area contributed by atoms with Crippen molar-refractivity contribution in [3.8, 4) is 11.3 Å². The number of nitrogens with one attached hydrogen (secondary N) is 2. The number of nitrogens with zero attached hydrogens (tertiary/aromatic N) is 4. The number of aromatic nitrogens is 4. The van der Waals surface area contributed by atoms with Crippen molar-refractivity contribution >= 4 is 34.5 Å². The van der Waals surface area contributed by atoms with Crippen LogP contribution in [-0.2, 0) is 13.1 Å². The first-order valence-corrected chi connectivity index (χ1v) is 13.2. The van der Waals surface area contributed by atoms with Crippen LogP contribution in [0.2, 0.25) is 5.15 Å². The highest BCUT2D eigenvalue weighted by molar-refractivity contribution is 6.29. The van der Waals surface area contributed by atoms with Crippen LogP contribution < -0.4 is 10.9 Å². The van der Waals surface area contributed by atoms with E-state index in [1.54, 1.807) is 30.6 Å². The third-order valence-corrected chi connectivity index (χ3v) is 6.63. The largest absolute Gasteiger partial charge is 0.348 e. The van der Waals surface area contributed by atoms with E-state index in [1.807, 2.05) is 30.4 Å². The maximum atomic E-state index is 12.9. The summed E-state index contributed by atoms with van der Waals surface area (Å²) >= 11 is 5.83. The quantitative estimate of drug-likeness (QED) is 0.251. The Balaban J connectivity index is 1.21. The van der Waals surface area contributed by atoms with Gasteiger partial charge in [-0.25, -0.2) is 4.98 Å². The van der Waals surface area contributed by atoms with Crippen LogP contribution in [0, 0.1) is 0 Å². The van der Waals surface area contributed by atoms with Gasteiger partial charge in [-0.05, 0) is 61.1 Å². The Morgan fingerprint density at radius 3 is 2.62 bits per heavy atom. The van der Waals surface area contributed by atoms with Crippen LogP contribution in [0.3, 0.4) is 0 Å². The molecule has 0 spiro atoms. The van der Waals surface area contributed by atoms with Crippen LogP contribution in [0.1, 0.15) is 27.0 Å². The topological polar surface area (TPSA) is 95.9 Å². The second-order valence-corrected chi connectivity index (χ2v) is 10.2. The predicted molar refractivity (Wildman–Crippen MR) is 159 cm³/mol. The number of carbonyl (C=O) groups is 1. The summed E-state index contributed by atoms with van der Waals surface area (Å²) in [5.41, 5.74) is 5.65. The van der Waals surface area contributed by atoms with Crippen molar-refractivity contribution < 1.29 is 4.79 Å². The van der Waals surface area contributed by atoms with E-state index in [0.717, 1.165) is 39.8 Å². The molecule has 0 saturated carbocycles. The number of hydrogen-bond acceptors (Lipinski definition) is 5. The molecule has 2 N–H and O–H groups in total. The molecule has 9 heteroatoms. The second kappa shape index (κ2) is 12.1. The Morgan fingerprint density at radius 1 is 1.07 bits per heavy atom. The summed E-state index contributed by atoms with van der Waals surface area (Å²) in [7, 11) is 4.11. The standard InChI is InChI=1S/C31H29ClN6O2/c1-37(2)19-22-7-11-24(12-8-22)29-25-13-9-21(17-27(25)35-36-29)5-3-15-33-30(39)26-6-4-16-38(31(26)40)20-23-10-14-28(32)34-18-23/h3-14,16-18H,15,19-20H2,1-2H3,(H,33,39)(H,35,36). The van der Waals surface area contributed by atoms with Crippen molar-refractivity contribution in [2.45, 2.75) is 13.1 Å². The van der Waals surface area contributed by atoms with Gasteiger partial charge in [0.25, 0.3) is 11.5 Å². The van der Waals surface area contributed by atoms with E-state index in [4.69, 9.17) is 11.6 Å². The Kier molecular flexibility index (Phi) is 8.19. The lowest BCUT2D eigenvalue weighted by atomic mass is 10.0. The zero-order valence-corrected chi connectivity index (χ0v) is 23.0. The molecule has 3 heterocycles. The number of fused-ring (bicyclic) bond motifs is 1. The van der Waals surface area contributed by atoms with Gasteiger partial charge >= 0.3 is 0 Å². The van der Waals surface area contributed by atoms with E-state index >= 15 is 0 Å². The first-order valence-electron chi connectivity index (χ1n) is 12.8. The number of H-pyrrole nitrogens is 1. The zero-order valence-electron chi connectivity index (χ0n) is 22.3. The van der Waals surface area contributed by atoms with E-state index < -0.39 is 5.91 Å². The number of pyridine rings is 2. The number of carbonyl (C=O) groups excluding carboxylic acids is 1. The van der Waals surface area contributed by atoms with Crippen LogP contribution in [0.4, 0.5) is 0 Å². The zero-order chi connectivity index (χ0) is 28.1.